The minimum absolute atomic E-state index is 0.202. The summed E-state index contributed by atoms with van der Waals surface area (Å²) in [5.41, 5.74) is 2.31. The van der Waals surface area contributed by atoms with Gasteiger partial charge in [0.1, 0.15) is 6.04 Å². The van der Waals surface area contributed by atoms with Gasteiger partial charge in [0.25, 0.3) is 0 Å². The van der Waals surface area contributed by atoms with Crippen LogP contribution in [0.25, 0.3) is 0 Å². The molecule has 32 heavy (non-hydrogen) atoms. The fraction of sp³-hybridized carbons (Fsp3) is 0.269. The summed E-state index contributed by atoms with van der Waals surface area (Å²) in [6.07, 6.45) is 3.82. The molecule has 0 saturated carbocycles. The lowest BCUT2D eigenvalue weighted by atomic mass is 9.90. The van der Waals surface area contributed by atoms with Crippen LogP contribution in [-0.2, 0) is 9.59 Å². The molecule has 0 aliphatic carbocycles. The van der Waals surface area contributed by atoms with Crippen LogP contribution in [0.3, 0.4) is 0 Å². The summed E-state index contributed by atoms with van der Waals surface area (Å²) in [5.74, 6) is -0.505. The van der Waals surface area contributed by atoms with Gasteiger partial charge in [0.2, 0.25) is 17.7 Å². The molecule has 0 bridgehead atoms. The van der Waals surface area contributed by atoms with E-state index in [1.807, 2.05) is 60.7 Å². The first-order valence-corrected chi connectivity index (χ1v) is 10.8. The zero-order valence-electron chi connectivity index (χ0n) is 18.5. The second-order valence-electron chi connectivity index (χ2n) is 7.54. The Bertz CT molecular complexity index is 952. The zero-order valence-corrected chi connectivity index (χ0v) is 18.5. The third-order valence-electron chi connectivity index (χ3n) is 5.22. The number of carbonyl (C=O) groups excluding carboxylic acids is 2. The molecule has 1 atom stereocenters. The van der Waals surface area contributed by atoms with Gasteiger partial charge in [-0.2, -0.15) is 0 Å². The molecular weight excluding hydrogens is 402 g/mol. The molecule has 2 N–H and O–H groups in total. The fourth-order valence-electron chi connectivity index (χ4n) is 3.52. The number of unbranched alkanes of at least 4 members (excludes halogenated alkanes) is 1. The molecule has 166 valence electrons. The van der Waals surface area contributed by atoms with E-state index >= 15 is 0 Å². The van der Waals surface area contributed by atoms with Crippen molar-refractivity contribution in [2.75, 3.05) is 12.4 Å². The quantitative estimate of drug-likeness (QED) is 0.494. The zero-order chi connectivity index (χ0) is 22.8. The number of benzene rings is 2. The van der Waals surface area contributed by atoms with Crippen molar-refractivity contribution in [3.8, 4) is 5.88 Å². The van der Waals surface area contributed by atoms with Crippen LogP contribution < -0.4 is 15.4 Å². The van der Waals surface area contributed by atoms with Gasteiger partial charge in [0.05, 0.1) is 24.9 Å². The molecule has 2 amide bonds. The summed E-state index contributed by atoms with van der Waals surface area (Å²) in [7, 11) is 1.53. The van der Waals surface area contributed by atoms with Crippen LogP contribution in [0.15, 0.2) is 79.0 Å². The topological polar surface area (TPSA) is 80.3 Å². The molecular formula is C26H29N3O3. The summed E-state index contributed by atoms with van der Waals surface area (Å²) < 4.78 is 5.06. The Balaban J connectivity index is 1.80. The number of ether oxygens (including phenoxy) is 1. The average Bonchev–Trinajstić information content (AvgIpc) is 2.83. The van der Waals surface area contributed by atoms with E-state index in [2.05, 4.69) is 22.5 Å². The maximum absolute atomic E-state index is 13.4. The molecule has 1 heterocycles. The van der Waals surface area contributed by atoms with E-state index in [0.717, 1.165) is 24.0 Å². The van der Waals surface area contributed by atoms with Gasteiger partial charge >= 0.3 is 0 Å². The summed E-state index contributed by atoms with van der Waals surface area (Å²) >= 11 is 0. The lowest BCUT2D eigenvalue weighted by Crippen LogP contribution is -2.45. The second kappa shape index (κ2) is 11.6. The minimum Gasteiger partial charge on any atom is -0.481 e. The summed E-state index contributed by atoms with van der Waals surface area (Å²) in [6.45, 7) is 2.06. The van der Waals surface area contributed by atoms with Crippen LogP contribution in [0.5, 0.6) is 5.88 Å². The van der Waals surface area contributed by atoms with E-state index in [-0.39, 0.29) is 11.8 Å². The molecule has 0 saturated heterocycles. The van der Waals surface area contributed by atoms with Gasteiger partial charge in [-0.25, -0.2) is 4.98 Å². The molecule has 1 unspecified atom stereocenters. The SMILES string of the molecule is CCCCC(NC(=O)C(c1ccccc1)c1ccccc1)C(=O)Nc1ccc(OC)nc1. The number of amides is 2. The number of nitrogens with one attached hydrogen (secondary N) is 2. The summed E-state index contributed by atoms with van der Waals surface area (Å²) in [6, 6.07) is 22.0. The van der Waals surface area contributed by atoms with Crippen LogP contribution >= 0.6 is 0 Å². The predicted octanol–water partition coefficient (Wildman–Crippen LogP) is 4.54. The van der Waals surface area contributed by atoms with Gasteiger partial charge < -0.3 is 15.4 Å². The smallest absolute Gasteiger partial charge is 0.246 e. The van der Waals surface area contributed by atoms with Crippen molar-refractivity contribution in [2.24, 2.45) is 0 Å². The van der Waals surface area contributed by atoms with Crippen LogP contribution in [0.4, 0.5) is 5.69 Å². The molecule has 6 nitrogen and oxygen atoms in total. The Hall–Kier alpha value is -3.67. The van der Waals surface area contributed by atoms with Gasteiger partial charge in [-0.3, -0.25) is 9.59 Å². The first-order chi connectivity index (χ1) is 15.6. The average molecular weight is 432 g/mol. The Morgan fingerprint density at radius 2 is 1.53 bits per heavy atom. The van der Waals surface area contributed by atoms with Gasteiger partial charge in [-0.05, 0) is 23.6 Å². The van der Waals surface area contributed by atoms with Crippen molar-refractivity contribution in [1.29, 1.82) is 0 Å². The Labute approximate surface area is 189 Å². The molecule has 0 radical (unpaired) electrons. The number of hydrogen-bond donors (Lipinski definition) is 2. The molecule has 0 spiro atoms. The van der Waals surface area contributed by atoms with Crippen molar-refractivity contribution in [3.63, 3.8) is 0 Å². The van der Waals surface area contributed by atoms with E-state index in [1.165, 1.54) is 13.3 Å². The highest BCUT2D eigenvalue weighted by Gasteiger charge is 2.27. The number of aromatic nitrogens is 1. The second-order valence-corrected chi connectivity index (χ2v) is 7.54. The van der Waals surface area contributed by atoms with Crippen LogP contribution in [0, 0.1) is 0 Å². The fourth-order valence-corrected chi connectivity index (χ4v) is 3.52. The van der Waals surface area contributed by atoms with Gasteiger partial charge in [0, 0.05) is 6.07 Å². The van der Waals surface area contributed by atoms with Crippen molar-refractivity contribution in [1.82, 2.24) is 10.3 Å². The van der Waals surface area contributed by atoms with E-state index in [1.54, 1.807) is 12.1 Å². The van der Waals surface area contributed by atoms with Crippen molar-refractivity contribution in [3.05, 3.63) is 90.1 Å². The summed E-state index contributed by atoms with van der Waals surface area (Å²) in [4.78, 5) is 30.6. The number of nitrogens with zero attached hydrogens (tertiary/aromatic N) is 1. The molecule has 1 aromatic heterocycles. The maximum atomic E-state index is 13.4. The normalized spacial score (nSPS) is 11.6. The molecule has 0 aliphatic rings. The van der Waals surface area contributed by atoms with Crippen LogP contribution in [0.1, 0.15) is 43.2 Å². The molecule has 6 heteroatoms. The van der Waals surface area contributed by atoms with E-state index in [9.17, 15) is 9.59 Å². The lowest BCUT2D eigenvalue weighted by Gasteiger charge is -2.23. The monoisotopic (exact) mass is 431 g/mol. The highest BCUT2D eigenvalue weighted by molar-refractivity contribution is 5.98. The molecule has 0 aliphatic heterocycles. The third-order valence-corrected chi connectivity index (χ3v) is 5.22. The minimum atomic E-state index is -0.653. The molecule has 3 aromatic rings. The standard InChI is InChI=1S/C26H29N3O3/c1-3-4-15-22(25(30)28-21-16-17-23(32-2)27-18-21)29-26(31)24(19-11-7-5-8-12-19)20-13-9-6-10-14-20/h5-14,16-18,22,24H,3-4,15H2,1-2H3,(H,28,30)(H,29,31). The first-order valence-electron chi connectivity index (χ1n) is 10.8. The summed E-state index contributed by atoms with van der Waals surface area (Å²) in [5, 5.41) is 5.85. The molecule has 2 aromatic carbocycles. The highest BCUT2D eigenvalue weighted by Crippen LogP contribution is 2.25. The Morgan fingerprint density at radius 1 is 0.906 bits per heavy atom. The number of methoxy groups -OCH3 is 1. The van der Waals surface area contributed by atoms with Crippen molar-refractivity contribution >= 4 is 17.5 Å². The van der Waals surface area contributed by atoms with Gasteiger partial charge in [-0.1, -0.05) is 80.4 Å². The van der Waals surface area contributed by atoms with Crippen LogP contribution in [0.2, 0.25) is 0 Å². The number of pyridine rings is 1. The van der Waals surface area contributed by atoms with E-state index in [4.69, 9.17) is 4.74 Å². The number of rotatable bonds is 10. The first kappa shape index (κ1) is 23.0. The largest absolute Gasteiger partial charge is 0.481 e. The van der Waals surface area contributed by atoms with Crippen LogP contribution in [-0.4, -0.2) is 29.9 Å². The number of hydrogen-bond acceptors (Lipinski definition) is 4. The maximum Gasteiger partial charge on any atom is 0.246 e. The van der Waals surface area contributed by atoms with E-state index < -0.39 is 12.0 Å². The lowest BCUT2D eigenvalue weighted by molar-refractivity contribution is -0.127. The van der Waals surface area contributed by atoms with Crippen molar-refractivity contribution < 1.29 is 14.3 Å². The highest BCUT2D eigenvalue weighted by atomic mass is 16.5. The third kappa shape index (κ3) is 6.17. The Morgan fingerprint density at radius 3 is 2.03 bits per heavy atom. The van der Waals surface area contributed by atoms with E-state index in [0.29, 0.717) is 18.0 Å². The number of anilines is 1. The molecule has 3 rings (SSSR count). The van der Waals surface area contributed by atoms with Gasteiger partial charge in [-0.15, -0.1) is 0 Å². The molecule has 0 fully saturated rings. The Kier molecular flexibility index (Phi) is 8.37. The predicted molar refractivity (Wildman–Crippen MR) is 126 cm³/mol. The number of carbonyl (C=O) groups is 2. The van der Waals surface area contributed by atoms with Gasteiger partial charge in [0.15, 0.2) is 0 Å². The van der Waals surface area contributed by atoms with Crippen molar-refractivity contribution in [2.45, 2.75) is 38.1 Å².